The molecule has 1 aromatic heterocycles. The van der Waals surface area contributed by atoms with Gasteiger partial charge < -0.3 is 10.6 Å². The Labute approximate surface area is 204 Å². The van der Waals surface area contributed by atoms with E-state index >= 15 is 0 Å². The normalized spacial score (nSPS) is 16.2. The van der Waals surface area contributed by atoms with Crippen molar-refractivity contribution in [3.8, 4) is 0 Å². The van der Waals surface area contributed by atoms with E-state index in [1.165, 1.54) is 23.8 Å². The third-order valence-corrected chi connectivity index (χ3v) is 7.65. The largest absolute Gasteiger partial charge is 0.359 e. The lowest BCUT2D eigenvalue weighted by Gasteiger charge is -2.32. The van der Waals surface area contributed by atoms with Crippen molar-refractivity contribution in [2.24, 2.45) is 11.8 Å². The lowest BCUT2D eigenvalue weighted by molar-refractivity contribution is -0.131. The highest BCUT2D eigenvalue weighted by Crippen LogP contribution is 2.30. The van der Waals surface area contributed by atoms with Crippen LogP contribution in [0, 0.1) is 11.8 Å². The van der Waals surface area contributed by atoms with Gasteiger partial charge in [-0.25, -0.2) is 4.98 Å². The maximum Gasteiger partial charge on any atom is 0.224 e. The number of carbonyl (C=O) groups is 3. The number of fused-ring (bicyclic) bond motifs is 1. The van der Waals surface area contributed by atoms with Gasteiger partial charge in [0.05, 0.1) is 21.1 Å². The van der Waals surface area contributed by atoms with E-state index in [0.717, 1.165) is 40.9 Å². The van der Waals surface area contributed by atoms with Gasteiger partial charge in [0.2, 0.25) is 11.8 Å². The molecule has 0 unspecified atom stereocenters. The summed E-state index contributed by atoms with van der Waals surface area (Å²) in [5, 5.41) is 7.27. The number of carbonyl (C=O) groups excluding carboxylic acids is 3. The Morgan fingerprint density at radius 2 is 2.03 bits per heavy atom. The number of allylic oxidation sites excluding steroid dienone is 1. The number of aromatic nitrogens is 1. The second kappa shape index (κ2) is 12.3. The van der Waals surface area contributed by atoms with Crippen LogP contribution in [0.3, 0.4) is 0 Å². The molecule has 2 N–H and O–H groups in total. The lowest BCUT2D eigenvalue weighted by Crippen LogP contribution is -2.45. The van der Waals surface area contributed by atoms with Gasteiger partial charge in [-0.3, -0.25) is 14.4 Å². The Morgan fingerprint density at radius 1 is 1.27 bits per heavy atom. The molecule has 6 nitrogen and oxygen atoms in total. The highest BCUT2D eigenvalue weighted by molar-refractivity contribution is 7.18. The number of halogens is 1. The van der Waals surface area contributed by atoms with Crippen molar-refractivity contribution in [3.05, 3.63) is 40.9 Å². The van der Waals surface area contributed by atoms with Gasteiger partial charge in [-0.1, -0.05) is 37.4 Å². The summed E-state index contributed by atoms with van der Waals surface area (Å²) in [5.74, 6) is -0.541. The molecule has 2 amide bonds. The van der Waals surface area contributed by atoms with Crippen molar-refractivity contribution in [3.63, 3.8) is 0 Å². The standard InChI is InChI=1S/C25H32ClN3O3S/c1-3-19(30)10-12-20(16-7-5-4-6-8-16)29-25(32)17(13-23(31)27-2)14-24-28-21-11-9-18(26)15-22(21)33-24/h3,9,11,15-17,20H,1,4-8,10,12-14H2,2H3,(H,27,31)(H,29,32)/t17-,20+/m0/s1. The van der Waals surface area contributed by atoms with Crippen molar-refractivity contribution in [2.75, 3.05) is 7.05 Å². The molecule has 1 saturated carbocycles. The van der Waals surface area contributed by atoms with Crippen molar-refractivity contribution >= 4 is 50.8 Å². The van der Waals surface area contributed by atoms with Crippen LogP contribution in [-0.2, 0) is 20.8 Å². The van der Waals surface area contributed by atoms with Gasteiger partial charge in [0.25, 0.3) is 0 Å². The van der Waals surface area contributed by atoms with Crippen LogP contribution in [0.5, 0.6) is 0 Å². The van der Waals surface area contributed by atoms with Gasteiger partial charge in [-0.15, -0.1) is 11.3 Å². The van der Waals surface area contributed by atoms with Gasteiger partial charge in [0.15, 0.2) is 5.78 Å². The molecule has 178 valence electrons. The Bertz CT molecular complexity index is 1000. The first kappa shape index (κ1) is 25.4. The van der Waals surface area contributed by atoms with Crippen molar-refractivity contribution in [2.45, 2.75) is 63.8 Å². The number of hydrogen-bond donors (Lipinski definition) is 2. The highest BCUT2D eigenvalue weighted by atomic mass is 35.5. The monoisotopic (exact) mass is 489 g/mol. The van der Waals surface area contributed by atoms with Gasteiger partial charge >= 0.3 is 0 Å². The third-order valence-electron chi connectivity index (χ3n) is 6.37. The summed E-state index contributed by atoms with van der Waals surface area (Å²) in [6.45, 7) is 3.56. The van der Waals surface area contributed by atoms with Crippen LogP contribution in [-0.4, -0.2) is 35.7 Å². The molecule has 1 aliphatic rings. The van der Waals surface area contributed by atoms with E-state index in [-0.39, 0.29) is 30.1 Å². The number of nitrogens with one attached hydrogen (secondary N) is 2. The summed E-state index contributed by atoms with van der Waals surface area (Å²) in [6, 6.07) is 5.44. The first-order valence-corrected chi connectivity index (χ1v) is 12.8. The van der Waals surface area contributed by atoms with Crippen LogP contribution in [0.2, 0.25) is 5.02 Å². The van der Waals surface area contributed by atoms with E-state index in [2.05, 4.69) is 22.2 Å². The minimum Gasteiger partial charge on any atom is -0.359 e. The summed E-state index contributed by atoms with van der Waals surface area (Å²) in [5.41, 5.74) is 0.835. The number of benzene rings is 1. The summed E-state index contributed by atoms with van der Waals surface area (Å²) in [6.07, 6.45) is 8.35. The third kappa shape index (κ3) is 7.37. The first-order valence-electron chi connectivity index (χ1n) is 11.6. The molecular formula is C25H32ClN3O3S. The quantitative estimate of drug-likeness (QED) is 0.442. The first-order chi connectivity index (χ1) is 15.9. The Kier molecular flexibility index (Phi) is 9.44. The van der Waals surface area contributed by atoms with Crippen LogP contribution >= 0.6 is 22.9 Å². The van der Waals surface area contributed by atoms with Gasteiger partial charge in [-0.05, 0) is 49.5 Å². The van der Waals surface area contributed by atoms with E-state index in [9.17, 15) is 14.4 Å². The van der Waals surface area contributed by atoms with Gasteiger partial charge in [0, 0.05) is 37.4 Å². The fraction of sp³-hybridized carbons (Fsp3) is 0.520. The van der Waals surface area contributed by atoms with E-state index in [1.54, 1.807) is 13.1 Å². The molecule has 2 aromatic rings. The van der Waals surface area contributed by atoms with Gasteiger partial charge in [-0.2, -0.15) is 0 Å². The number of nitrogens with zero attached hydrogens (tertiary/aromatic N) is 1. The maximum absolute atomic E-state index is 13.4. The van der Waals surface area contributed by atoms with E-state index < -0.39 is 5.92 Å². The van der Waals surface area contributed by atoms with E-state index in [0.29, 0.717) is 30.2 Å². The summed E-state index contributed by atoms with van der Waals surface area (Å²) in [7, 11) is 1.57. The van der Waals surface area contributed by atoms with Crippen molar-refractivity contribution in [1.29, 1.82) is 0 Å². The molecule has 2 atom stereocenters. The smallest absolute Gasteiger partial charge is 0.224 e. The maximum atomic E-state index is 13.4. The fourth-order valence-electron chi connectivity index (χ4n) is 4.49. The second-order valence-corrected chi connectivity index (χ2v) is 10.3. The molecule has 1 heterocycles. The molecule has 0 aliphatic heterocycles. The zero-order valence-electron chi connectivity index (χ0n) is 19.1. The van der Waals surface area contributed by atoms with E-state index in [1.807, 2.05) is 12.1 Å². The second-order valence-electron chi connectivity index (χ2n) is 8.72. The number of hydrogen-bond acceptors (Lipinski definition) is 5. The fourth-order valence-corrected chi connectivity index (χ4v) is 5.81. The zero-order chi connectivity index (χ0) is 23.8. The minimum atomic E-state index is -0.540. The summed E-state index contributed by atoms with van der Waals surface area (Å²) < 4.78 is 0.958. The molecule has 1 aromatic carbocycles. The Morgan fingerprint density at radius 3 is 2.73 bits per heavy atom. The number of amides is 2. The molecular weight excluding hydrogens is 458 g/mol. The molecule has 0 saturated heterocycles. The van der Waals surface area contributed by atoms with Crippen LogP contribution in [0.25, 0.3) is 10.2 Å². The number of thiazole rings is 1. The minimum absolute atomic E-state index is 0.0138. The SMILES string of the molecule is C=CC(=O)CC[C@@H](NC(=O)[C@@H](CC(=O)NC)Cc1nc2ccc(Cl)cc2s1)C1CCCCC1. The van der Waals surface area contributed by atoms with Crippen molar-refractivity contribution in [1.82, 2.24) is 15.6 Å². The molecule has 33 heavy (non-hydrogen) atoms. The lowest BCUT2D eigenvalue weighted by atomic mass is 9.81. The molecule has 1 fully saturated rings. The predicted octanol–water partition coefficient (Wildman–Crippen LogP) is 4.84. The van der Waals surface area contributed by atoms with Crippen LogP contribution < -0.4 is 10.6 Å². The van der Waals surface area contributed by atoms with E-state index in [4.69, 9.17) is 11.6 Å². The van der Waals surface area contributed by atoms with Gasteiger partial charge in [0.1, 0.15) is 0 Å². The molecule has 0 radical (unpaired) electrons. The molecule has 8 heteroatoms. The number of rotatable bonds is 11. The average Bonchev–Trinajstić information content (AvgIpc) is 3.22. The van der Waals surface area contributed by atoms with Crippen molar-refractivity contribution < 1.29 is 14.4 Å². The molecule has 1 aliphatic carbocycles. The molecule has 0 bridgehead atoms. The summed E-state index contributed by atoms with van der Waals surface area (Å²) in [4.78, 5) is 42.1. The molecule has 3 rings (SSSR count). The van der Waals surface area contributed by atoms with Crippen LogP contribution in [0.15, 0.2) is 30.9 Å². The zero-order valence-corrected chi connectivity index (χ0v) is 20.6. The Balaban J connectivity index is 1.76. The number of ketones is 1. The topological polar surface area (TPSA) is 88.2 Å². The highest BCUT2D eigenvalue weighted by Gasteiger charge is 2.30. The van der Waals surface area contributed by atoms with Crippen LogP contribution in [0.1, 0.15) is 56.4 Å². The Hall–Kier alpha value is -2.25. The predicted molar refractivity (Wildman–Crippen MR) is 133 cm³/mol. The average molecular weight is 490 g/mol. The molecule has 0 spiro atoms. The summed E-state index contributed by atoms with van der Waals surface area (Å²) >= 11 is 7.59. The van der Waals surface area contributed by atoms with Crippen LogP contribution in [0.4, 0.5) is 0 Å².